The fourth-order valence-corrected chi connectivity index (χ4v) is 2.54. The second kappa shape index (κ2) is 6.41. The minimum Gasteiger partial charge on any atom is -0.409 e. The minimum atomic E-state index is -0.732. The van der Waals surface area contributed by atoms with E-state index in [0.29, 0.717) is 5.92 Å². The van der Waals surface area contributed by atoms with E-state index in [1.807, 2.05) is 18.2 Å². The molecule has 0 saturated heterocycles. The van der Waals surface area contributed by atoms with E-state index in [4.69, 9.17) is 10.9 Å². The van der Waals surface area contributed by atoms with Crippen LogP contribution in [0.15, 0.2) is 35.5 Å². The summed E-state index contributed by atoms with van der Waals surface area (Å²) in [7, 11) is 0. The highest BCUT2D eigenvalue weighted by atomic mass is 16.4. The topological polar surface area (TPSA) is 87.7 Å². The maximum atomic E-state index is 12.4. The fourth-order valence-electron chi connectivity index (χ4n) is 2.54. The van der Waals surface area contributed by atoms with Gasteiger partial charge in [-0.15, -0.1) is 0 Å². The zero-order chi connectivity index (χ0) is 14.5. The molecule has 1 fully saturated rings. The molecule has 0 aliphatic heterocycles. The third-order valence-electron chi connectivity index (χ3n) is 3.72. The van der Waals surface area contributed by atoms with Crippen molar-refractivity contribution in [3.8, 4) is 0 Å². The van der Waals surface area contributed by atoms with E-state index < -0.39 is 5.92 Å². The molecule has 3 atom stereocenters. The predicted molar refractivity (Wildman–Crippen MR) is 77.5 cm³/mol. The first-order valence-corrected chi connectivity index (χ1v) is 7.00. The van der Waals surface area contributed by atoms with Crippen LogP contribution in [0.5, 0.6) is 0 Å². The maximum Gasteiger partial charge on any atom is 0.235 e. The second-order valence-electron chi connectivity index (χ2n) is 5.27. The smallest absolute Gasteiger partial charge is 0.235 e. The van der Waals surface area contributed by atoms with E-state index >= 15 is 0 Å². The standard InChI is InChI=1S/C15H21N3O2/c1-2-6-11-9-12(11)17-15(19)13(14(16)18-20)10-7-4-3-5-8-10/h3-5,7-8,11-13,20H,2,6,9H2,1H3,(H2,16,18)(H,17,19). The minimum absolute atomic E-state index is 0.0820. The van der Waals surface area contributed by atoms with Crippen LogP contribution in [0.3, 0.4) is 0 Å². The molecule has 0 bridgehead atoms. The van der Waals surface area contributed by atoms with Crippen LogP contribution in [0.4, 0.5) is 0 Å². The van der Waals surface area contributed by atoms with E-state index in [9.17, 15) is 4.79 Å². The zero-order valence-corrected chi connectivity index (χ0v) is 11.6. The third kappa shape index (κ3) is 3.29. The van der Waals surface area contributed by atoms with Gasteiger partial charge in [-0.25, -0.2) is 0 Å². The van der Waals surface area contributed by atoms with Gasteiger partial charge in [0, 0.05) is 6.04 Å². The van der Waals surface area contributed by atoms with Crippen molar-refractivity contribution in [1.82, 2.24) is 5.32 Å². The summed E-state index contributed by atoms with van der Waals surface area (Å²) >= 11 is 0. The van der Waals surface area contributed by atoms with Crippen molar-refractivity contribution in [2.45, 2.75) is 38.1 Å². The van der Waals surface area contributed by atoms with Crippen molar-refractivity contribution in [1.29, 1.82) is 0 Å². The summed E-state index contributed by atoms with van der Waals surface area (Å²) in [5.74, 6) is -0.437. The number of amides is 1. The zero-order valence-electron chi connectivity index (χ0n) is 11.6. The lowest BCUT2D eigenvalue weighted by molar-refractivity contribution is -0.121. The predicted octanol–water partition coefficient (Wildman–Crippen LogP) is 1.82. The SMILES string of the molecule is CCCC1CC1NC(=O)C(/C(N)=N/O)c1ccccc1. The summed E-state index contributed by atoms with van der Waals surface area (Å²) in [6.07, 6.45) is 3.28. The third-order valence-corrected chi connectivity index (χ3v) is 3.72. The van der Waals surface area contributed by atoms with Gasteiger partial charge in [-0.05, 0) is 24.3 Å². The highest BCUT2D eigenvalue weighted by Crippen LogP contribution is 2.35. The number of benzene rings is 1. The maximum absolute atomic E-state index is 12.4. The highest BCUT2D eigenvalue weighted by molar-refractivity contribution is 6.07. The summed E-state index contributed by atoms with van der Waals surface area (Å²) in [6.45, 7) is 2.14. The average Bonchev–Trinajstić information content (AvgIpc) is 3.18. The second-order valence-corrected chi connectivity index (χ2v) is 5.27. The van der Waals surface area contributed by atoms with Crippen LogP contribution in [0.1, 0.15) is 37.7 Å². The number of rotatable bonds is 6. The number of hydrogen-bond donors (Lipinski definition) is 3. The molecule has 5 heteroatoms. The summed E-state index contributed by atoms with van der Waals surface area (Å²) in [4.78, 5) is 12.4. The Morgan fingerprint density at radius 3 is 2.80 bits per heavy atom. The molecule has 20 heavy (non-hydrogen) atoms. The molecule has 1 amide bonds. The first-order valence-electron chi connectivity index (χ1n) is 7.00. The van der Waals surface area contributed by atoms with Gasteiger partial charge in [0.2, 0.25) is 5.91 Å². The Bertz CT molecular complexity index is 487. The van der Waals surface area contributed by atoms with Gasteiger partial charge in [0.25, 0.3) is 0 Å². The number of nitrogens with zero attached hydrogens (tertiary/aromatic N) is 1. The van der Waals surface area contributed by atoms with Gasteiger partial charge in [0.1, 0.15) is 5.92 Å². The van der Waals surface area contributed by atoms with E-state index in [1.165, 1.54) is 0 Å². The molecule has 0 heterocycles. The number of oxime groups is 1. The molecule has 5 nitrogen and oxygen atoms in total. The van der Waals surface area contributed by atoms with Gasteiger partial charge in [-0.1, -0.05) is 48.8 Å². The molecular weight excluding hydrogens is 254 g/mol. The van der Waals surface area contributed by atoms with E-state index in [2.05, 4.69) is 17.4 Å². The van der Waals surface area contributed by atoms with Crippen LogP contribution in [-0.4, -0.2) is 23.0 Å². The van der Waals surface area contributed by atoms with Gasteiger partial charge >= 0.3 is 0 Å². The first-order chi connectivity index (χ1) is 9.67. The normalized spacial score (nSPS) is 23.1. The summed E-state index contributed by atoms with van der Waals surface area (Å²) in [5.41, 5.74) is 6.41. The lowest BCUT2D eigenvalue weighted by atomic mass is 9.97. The highest BCUT2D eigenvalue weighted by Gasteiger charge is 2.39. The van der Waals surface area contributed by atoms with Crippen LogP contribution in [0.25, 0.3) is 0 Å². The number of hydrogen-bond acceptors (Lipinski definition) is 3. The molecule has 108 valence electrons. The molecule has 3 unspecified atom stereocenters. The summed E-state index contributed by atoms with van der Waals surface area (Å²) in [6, 6.07) is 9.37. The van der Waals surface area contributed by atoms with Crippen molar-refractivity contribution in [3.63, 3.8) is 0 Å². The van der Waals surface area contributed by atoms with Crippen LogP contribution < -0.4 is 11.1 Å². The van der Waals surface area contributed by atoms with Crippen LogP contribution in [0, 0.1) is 5.92 Å². The van der Waals surface area contributed by atoms with Crippen molar-refractivity contribution in [2.24, 2.45) is 16.8 Å². The molecule has 1 aromatic rings. The van der Waals surface area contributed by atoms with E-state index in [-0.39, 0.29) is 17.8 Å². The summed E-state index contributed by atoms with van der Waals surface area (Å²) < 4.78 is 0. The lowest BCUT2D eigenvalue weighted by Gasteiger charge is -2.16. The van der Waals surface area contributed by atoms with Gasteiger partial charge in [-0.3, -0.25) is 4.79 Å². The average molecular weight is 275 g/mol. The molecule has 1 aliphatic carbocycles. The number of carbonyl (C=O) groups excluding carboxylic acids is 1. The number of nitrogens with two attached hydrogens (primary N) is 1. The molecule has 2 rings (SSSR count). The van der Waals surface area contributed by atoms with Crippen LogP contribution in [-0.2, 0) is 4.79 Å². The van der Waals surface area contributed by atoms with Gasteiger partial charge in [-0.2, -0.15) is 0 Å². The molecule has 1 aliphatic rings. The Labute approximate surface area is 118 Å². The van der Waals surface area contributed by atoms with Crippen molar-refractivity contribution < 1.29 is 10.0 Å². The van der Waals surface area contributed by atoms with Crippen LogP contribution >= 0.6 is 0 Å². The van der Waals surface area contributed by atoms with E-state index in [0.717, 1.165) is 24.8 Å². The lowest BCUT2D eigenvalue weighted by Crippen LogP contribution is -2.38. The Balaban J connectivity index is 2.06. The van der Waals surface area contributed by atoms with Gasteiger partial charge in [0.15, 0.2) is 5.84 Å². The first kappa shape index (κ1) is 14.4. The Morgan fingerprint density at radius 2 is 2.20 bits per heavy atom. The molecular formula is C15H21N3O2. The largest absolute Gasteiger partial charge is 0.409 e. The molecule has 0 aromatic heterocycles. The number of nitrogens with one attached hydrogen (secondary N) is 1. The molecule has 1 aromatic carbocycles. The molecule has 4 N–H and O–H groups in total. The molecule has 1 saturated carbocycles. The Morgan fingerprint density at radius 1 is 1.50 bits per heavy atom. The van der Waals surface area contributed by atoms with E-state index in [1.54, 1.807) is 12.1 Å². The number of carbonyl (C=O) groups is 1. The monoisotopic (exact) mass is 275 g/mol. The number of amidine groups is 1. The van der Waals surface area contributed by atoms with Crippen molar-refractivity contribution in [2.75, 3.05) is 0 Å². The fraction of sp³-hybridized carbons (Fsp3) is 0.467. The van der Waals surface area contributed by atoms with Gasteiger partial charge < -0.3 is 16.3 Å². The van der Waals surface area contributed by atoms with Crippen molar-refractivity contribution in [3.05, 3.63) is 35.9 Å². The molecule has 0 spiro atoms. The summed E-state index contributed by atoms with van der Waals surface area (Å²) in [5, 5.41) is 14.9. The van der Waals surface area contributed by atoms with Crippen molar-refractivity contribution >= 4 is 11.7 Å². The Kier molecular flexibility index (Phi) is 4.61. The van der Waals surface area contributed by atoms with Gasteiger partial charge in [0.05, 0.1) is 0 Å². The molecule has 0 radical (unpaired) electrons. The van der Waals surface area contributed by atoms with Crippen LogP contribution in [0.2, 0.25) is 0 Å². The quantitative estimate of drug-likeness (QED) is 0.320. The Hall–Kier alpha value is -2.04.